The van der Waals surface area contributed by atoms with Crippen LogP contribution in [0, 0.1) is 0 Å². The second-order valence-electron chi connectivity index (χ2n) is 7.88. The lowest BCUT2D eigenvalue weighted by Gasteiger charge is -2.32. The zero-order valence-corrected chi connectivity index (χ0v) is 18.1. The lowest BCUT2D eigenvalue weighted by Crippen LogP contribution is -2.44. The standard InChI is InChI=1S/C25H29NO5/c1-18(25(29)26(2)21-11-7-4-8-12-21)31-23(27)17-30-22-15-13-20(14-16-22)24(28)19-9-5-3-6-10-19/h3,5-6,9-10,13-16,18,21H,4,7-8,11-12,17H2,1-2H3/t18-/m1/s1. The number of ether oxygens (including phenoxy) is 2. The van der Waals surface area contributed by atoms with Crippen LogP contribution in [-0.4, -0.2) is 48.4 Å². The molecule has 3 rings (SSSR count). The van der Waals surface area contributed by atoms with Gasteiger partial charge >= 0.3 is 5.97 Å². The average Bonchev–Trinajstić information content (AvgIpc) is 2.82. The number of amides is 1. The minimum absolute atomic E-state index is 0.0824. The molecule has 164 valence electrons. The zero-order chi connectivity index (χ0) is 22.2. The van der Waals surface area contributed by atoms with Gasteiger partial charge in [0, 0.05) is 24.2 Å². The molecule has 2 aromatic carbocycles. The molecule has 0 aliphatic heterocycles. The molecular formula is C25H29NO5. The van der Waals surface area contributed by atoms with Crippen LogP contribution in [0.2, 0.25) is 0 Å². The fourth-order valence-electron chi connectivity index (χ4n) is 3.82. The maximum absolute atomic E-state index is 12.5. The highest BCUT2D eigenvalue weighted by Gasteiger charge is 2.27. The van der Waals surface area contributed by atoms with E-state index in [4.69, 9.17) is 9.47 Å². The first kappa shape index (κ1) is 22.5. The van der Waals surface area contributed by atoms with Gasteiger partial charge in [-0.25, -0.2) is 4.79 Å². The Balaban J connectivity index is 1.46. The highest BCUT2D eigenvalue weighted by Crippen LogP contribution is 2.22. The molecule has 1 amide bonds. The molecule has 0 N–H and O–H groups in total. The number of esters is 1. The van der Waals surface area contributed by atoms with E-state index in [2.05, 4.69) is 0 Å². The SMILES string of the molecule is C[C@@H](OC(=O)COc1ccc(C(=O)c2ccccc2)cc1)C(=O)N(C)C1CCCCC1. The summed E-state index contributed by atoms with van der Waals surface area (Å²) < 4.78 is 10.7. The van der Waals surface area contributed by atoms with E-state index in [0.29, 0.717) is 16.9 Å². The Morgan fingerprint density at radius 3 is 2.19 bits per heavy atom. The number of rotatable bonds is 8. The molecule has 1 aliphatic carbocycles. The number of benzene rings is 2. The van der Waals surface area contributed by atoms with Gasteiger partial charge in [-0.2, -0.15) is 0 Å². The van der Waals surface area contributed by atoms with Crippen molar-refractivity contribution in [2.75, 3.05) is 13.7 Å². The molecule has 6 nitrogen and oxygen atoms in total. The van der Waals surface area contributed by atoms with Gasteiger partial charge in [0.25, 0.3) is 5.91 Å². The van der Waals surface area contributed by atoms with Crippen LogP contribution in [0.1, 0.15) is 54.9 Å². The molecule has 1 fully saturated rings. The van der Waals surface area contributed by atoms with E-state index in [1.54, 1.807) is 55.3 Å². The van der Waals surface area contributed by atoms with Gasteiger partial charge in [0.15, 0.2) is 18.5 Å². The number of carbonyl (C=O) groups excluding carboxylic acids is 3. The summed E-state index contributed by atoms with van der Waals surface area (Å²) in [6.07, 6.45) is 4.60. The zero-order valence-electron chi connectivity index (χ0n) is 18.1. The Bertz CT molecular complexity index is 888. The Labute approximate surface area is 183 Å². The van der Waals surface area contributed by atoms with Gasteiger partial charge in [-0.1, -0.05) is 49.6 Å². The van der Waals surface area contributed by atoms with Crippen LogP contribution in [0.3, 0.4) is 0 Å². The molecule has 2 aromatic rings. The maximum atomic E-state index is 12.5. The van der Waals surface area contributed by atoms with Gasteiger partial charge in [-0.05, 0) is 44.0 Å². The molecule has 0 bridgehead atoms. The van der Waals surface area contributed by atoms with Crippen molar-refractivity contribution < 1.29 is 23.9 Å². The Kier molecular flexibility index (Phi) is 7.82. The second-order valence-corrected chi connectivity index (χ2v) is 7.88. The molecule has 0 heterocycles. The number of carbonyl (C=O) groups is 3. The highest BCUT2D eigenvalue weighted by molar-refractivity contribution is 6.08. The molecule has 31 heavy (non-hydrogen) atoms. The topological polar surface area (TPSA) is 72.9 Å². The van der Waals surface area contributed by atoms with Crippen molar-refractivity contribution in [1.82, 2.24) is 4.90 Å². The van der Waals surface area contributed by atoms with E-state index in [1.165, 1.54) is 6.42 Å². The predicted molar refractivity (Wildman–Crippen MR) is 117 cm³/mol. The summed E-state index contributed by atoms with van der Waals surface area (Å²) in [5, 5.41) is 0. The third-order valence-corrected chi connectivity index (χ3v) is 5.64. The predicted octanol–water partition coefficient (Wildman–Crippen LogP) is 4.02. The summed E-state index contributed by atoms with van der Waals surface area (Å²) in [6.45, 7) is 1.28. The molecule has 0 radical (unpaired) electrons. The number of nitrogens with zero attached hydrogens (tertiary/aromatic N) is 1. The number of hydrogen-bond acceptors (Lipinski definition) is 5. The first-order valence-corrected chi connectivity index (χ1v) is 10.7. The third-order valence-electron chi connectivity index (χ3n) is 5.64. The molecule has 1 atom stereocenters. The van der Waals surface area contributed by atoms with Crippen molar-refractivity contribution in [2.45, 2.75) is 51.2 Å². The smallest absolute Gasteiger partial charge is 0.344 e. The van der Waals surface area contributed by atoms with E-state index < -0.39 is 12.1 Å². The monoisotopic (exact) mass is 423 g/mol. The van der Waals surface area contributed by atoms with Crippen LogP contribution < -0.4 is 4.74 Å². The van der Waals surface area contributed by atoms with Crippen LogP contribution in [0.15, 0.2) is 54.6 Å². The van der Waals surface area contributed by atoms with E-state index in [-0.39, 0.29) is 24.3 Å². The minimum Gasteiger partial charge on any atom is -0.482 e. The van der Waals surface area contributed by atoms with Crippen molar-refractivity contribution in [2.24, 2.45) is 0 Å². The van der Waals surface area contributed by atoms with Crippen LogP contribution in [0.25, 0.3) is 0 Å². The molecule has 0 aromatic heterocycles. The molecule has 0 saturated heterocycles. The molecular weight excluding hydrogens is 394 g/mol. The van der Waals surface area contributed by atoms with Crippen molar-refractivity contribution >= 4 is 17.7 Å². The lowest BCUT2D eigenvalue weighted by atomic mass is 9.94. The van der Waals surface area contributed by atoms with E-state index >= 15 is 0 Å². The van der Waals surface area contributed by atoms with Crippen molar-refractivity contribution in [3.8, 4) is 5.75 Å². The third kappa shape index (κ3) is 6.17. The van der Waals surface area contributed by atoms with Gasteiger partial charge in [0.05, 0.1) is 0 Å². The van der Waals surface area contributed by atoms with Gasteiger partial charge in [-0.15, -0.1) is 0 Å². The highest BCUT2D eigenvalue weighted by atomic mass is 16.6. The average molecular weight is 424 g/mol. The largest absolute Gasteiger partial charge is 0.482 e. The molecule has 6 heteroatoms. The molecule has 1 saturated carbocycles. The van der Waals surface area contributed by atoms with Gasteiger partial charge in [0.1, 0.15) is 5.75 Å². The summed E-state index contributed by atoms with van der Waals surface area (Å²) in [5.41, 5.74) is 1.14. The van der Waals surface area contributed by atoms with Gasteiger partial charge < -0.3 is 14.4 Å². The fourth-order valence-corrected chi connectivity index (χ4v) is 3.82. The Morgan fingerprint density at radius 1 is 0.935 bits per heavy atom. The summed E-state index contributed by atoms with van der Waals surface area (Å²) in [4.78, 5) is 38.8. The first-order chi connectivity index (χ1) is 15.0. The minimum atomic E-state index is -0.853. The van der Waals surface area contributed by atoms with Crippen molar-refractivity contribution in [3.63, 3.8) is 0 Å². The van der Waals surface area contributed by atoms with Gasteiger partial charge in [0.2, 0.25) is 0 Å². The number of hydrogen-bond donors (Lipinski definition) is 0. The first-order valence-electron chi connectivity index (χ1n) is 10.7. The number of likely N-dealkylation sites (N-methyl/N-ethyl adjacent to an activating group) is 1. The fraction of sp³-hybridized carbons (Fsp3) is 0.400. The van der Waals surface area contributed by atoms with Crippen LogP contribution >= 0.6 is 0 Å². The number of ketones is 1. The van der Waals surface area contributed by atoms with E-state index in [1.807, 2.05) is 18.2 Å². The van der Waals surface area contributed by atoms with Gasteiger partial charge in [-0.3, -0.25) is 9.59 Å². The van der Waals surface area contributed by atoms with Crippen LogP contribution in [0.5, 0.6) is 5.75 Å². The van der Waals surface area contributed by atoms with E-state index in [0.717, 1.165) is 25.7 Å². The Morgan fingerprint density at radius 2 is 1.55 bits per heavy atom. The van der Waals surface area contributed by atoms with Crippen LogP contribution in [0.4, 0.5) is 0 Å². The molecule has 0 unspecified atom stereocenters. The molecule has 0 spiro atoms. The maximum Gasteiger partial charge on any atom is 0.344 e. The van der Waals surface area contributed by atoms with Crippen molar-refractivity contribution in [1.29, 1.82) is 0 Å². The summed E-state index contributed by atoms with van der Waals surface area (Å²) in [5.74, 6) is -0.438. The Hall–Kier alpha value is -3.15. The van der Waals surface area contributed by atoms with Crippen LogP contribution in [-0.2, 0) is 14.3 Å². The van der Waals surface area contributed by atoms with Crippen molar-refractivity contribution in [3.05, 3.63) is 65.7 Å². The summed E-state index contributed by atoms with van der Waals surface area (Å²) >= 11 is 0. The lowest BCUT2D eigenvalue weighted by molar-refractivity contribution is -0.161. The summed E-state index contributed by atoms with van der Waals surface area (Å²) in [7, 11) is 1.78. The summed E-state index contributed by atoms with van der Waals surface area (Å²) in [6, 6.07) is 15.8. The van der Waals surface area contributed by atoms with E-state index in [9.17, 15) is 14.4 Å². The second kappa shape index (κ2) is 10.8. The quantitative estimate of drug-likeness (QED) is 0.474. The molecule has 1 aliphatic rings. The normalized spacial score (nSPS) is 15.0.